The van der Waals surface area contributed by atoms with E-state index in [9.17, 15) is 9.59 Å². The number of amides is 2. The Morgan fingerprint density at radius 2 is 2.20 bits per heavy atom. The lowest BCUT2D eigenvalue weighted by Crippen LogP contribution is -2.40. The van der Waals surface area contributed by atoms with Gasteiger partial charge in [-0.15, -0.1) is 6.42 Å². The quantitative estimate of drug-likeness (QED) is 0.805. The minimum Gasteiger partial charge on any atom is -0.480 e. The van der Waals surface area contributed by atoms with Gasteiger partial charge in [-0.2, -0.15) is 0 Å². The highest BCUT2D eigenvalue weighted by Crippen LogP contribution is 2.29. The third-order valence-electron chi connectivity index (χ3n) is 3.07. The molecular formula is C15H16N2O3. The zero-order chi connectivity index (χ0) is 14.5. The lowest BCUT2D eigenvalue weighted by Gasteiger charge is -2.21. The zero-order valence-corrected chi connectivity index (χ0v) is 11.0. The van der Waals surface area contributed by atoms with Crippen molar-refractivity contribution in [2.45, 2.75) is 12.8 Å². The molecule has 1 fully saturated rings. The van der Waals surface area contributed by atoms with Crippen LogP contribution in [-0.2, 0) is 4.79 Å². The van der Waals surface area contributed by atoms with Gasteiger partial charge in [-0.05, 0) is 37.0 Å². The summed E-state index contributed by atoms with van der Waals surface area (Å²) in [5, 5.41) is 11.5. The van der Waals surface area contributed by atoms with Crippen molar-refractivity contribution in [3.8, 4) is 12.3 Å². The Balaban J connectivity index is 2.02. The molecule has 0 spiro atoms. The number of terminal acetylenes is 1. The first kappa shape index (κ1) is 13.9. The SMILES string of the molecule is C#Cc1cccc(NC(=O)N(CC(=O)O)CC2CC2)c1. The highest BCUT2D eigenvalue weighted by atomic mass is 16.4. The molecule has 0 aliphatic heterocycles. The van der Waals surface area contributed by atoms with E-state index in [0.29, 0.717) is 23.7 Å². The summed E-state index contributed by atoms with van der Waals surface area (Å²) >= 11 is 0. The molecule has 0 aromatic heterocycles. The minimum absolute atomic E-state index is 0.294. The van der Waals surface area contributed by atoms with Crippen LogP contribution in [0.5, 0.6) is 0 Å². The van der Waals surface area contributed by atoms with E-state index < -0.39 is 12.0 Å². The van der Waals surface area contributed by atoms with Gasteiger partial charge in [0.1, 0.15) is 6.54 Å². The van der Waals surface area contributed by atoms with E-state index in [4.69, 9.17) is 11.5 Å². The average Bonchev–Trinajstić information content (AvgIpc) is 3.21. The van der Waals surface area contributed by atoms with E-state index in [2.05, 4.69) is 11.2 Å². The maximum Gasteiger partial charge on any atom is 0.323 e. The summed E-state index contributed by atoms with van der Waals surface area (Å²) in [6.07, 6.45) is 7.40. The first-order valence-corrected chi connectivity index (χ1v) is 6.43. The molecule has 1 saturated carbocycles. The second-order valence-electron chi connectivity index (χ2n) is 4.87. The van der Waals surface area contributed by atoms with Crippen LogP contribution in [0.25, 0.3) is 0 Å². The molecule has 2 rings (SSSR count). The molecule has 5 nitrogen and oxygen atoms in total. The molecule has 2 N–H and O–H groups in total. The number of nitrogens with one attached hydrogen (secondary N) is 1. The van der Waals surface area contributed by atoms with E-state index in [-0.39, 0.29) is 6.54 Å². The van der Waals surface area contributed by atoms with Gasteiger partial charge in [-0.3, -0.25) is 4.79 Å². The maximum atomic E-state index is 12.1. The smallest absolute Gasteiger partial charge is 0.323 e. The number of nitrogens with zero attached hydrogens (tertiary/aromatic N) is 1. The lowest BCUT2D eigenvalue weighted by molar-refractivity contribution is -0.137. The van der Waals surface area contributed by atoms with Crippen molar-refractivity contribution in [2.75, 3.05) is 18.4 Å². The Hall–Kier alpha value is -2.48. The van der Waals surface area contributed by atoms with E-state index in [1.165, 1.54) is 4.90 Å². The topological polar surface area (TPSA) is 69.6 Å². The van der Waals surface area contributed by atoms with Gasteiger partial charge in [0.25, 0.3) is 0 Å². The molecule has 0 bridgehead atoms. The van der Waals surface area contributed by atoms with Gasteiger partial charge in [0.05, 0.1) is 0 Å². The van der Waals surface area contributed by atoms with Crippen LogP contribution in [0.2, 0.25) is 0 Å². The van der Waals surface area contributed by atoms with Crippen LogP contribution >= 0.6 is 0 Å². The fraction of sp³-hybridized carbons (Fsp3) is 0.333. The molecule has 0 heterocycles. The van der Waals surface area contributed by atoms with Crippen LogP contribution < -0.4 is 5.32 Å². The van der Waals surface area contributed by atoms with Crippen LogP contribution in [0.4, 0.5) is 10.5 Å². The summed E-state index contributed by atoms with van der Waals surface area (Å²) in [4.78, 5) is 24.3. The molecule has 20 heavy (non-hydrogen) atoms. The molecule has 0 saturated heterocycles. The summed E-state index contributed by atoms with van der Waals surface area (Å²) in [5.74, 6) is 1.90. The third-order valence-corrected chi connectivity index (χ3v) is 3.07. The molecule has 1 aliphatic rings. The Morgan fingerprint density at radius 1 is 1.45 bits per heavy atom. The summed E-state index contributed by atoms with van der Waals surface area (Å²) in [7, 11) is 0. The predicted octanol–water partition coefficient (Wildman–Crippen LogP) is 2.00. The van der Waals surface area contributed by atoms with Gasteiger partial charge in [-0.25, -0.2) is 4.79 Å². The van der Waals surface area contributed by atoms with Crippen LogP contribution in [0, 0.1) is 18.3 Å². The Kier molecular flexibility index (Phi) is 4.26. The average molecular weight is 272 g/mol. The van der Waals surface area contributed by atoms with Crippen LogP contribution in [0.1, 0.15) is 18.4 Å². The normalized spacial score (nSPS) is 13.3. The summed E-state index contributed by atoms with van der Waals surface area (Å²) in [6, 6.07) is 6.48. The largest absolute Gasteiger partial charge is 0.480 e. The van der Waals surface area contributed by atoms with Gasteiger partial charge in [0.15, 0.2) is 0 Å². The van der Waals surface area contributed by atoms with Gasteiger partial charge in [0, 0.05) is 17.8 Å². The van der Waals surface area contributed by atoms with E-state index >= 15 is 0 Å². The van der Waals surface area contributed by atoms with Crippen molar-refractivity contribution in [1.82, 2.24) is 4.90 Å². The number of carboxylic acids is 1. The number of hydrogen-bond acceptors (Lipinski definition) is 2. The molecule has 0 atom stereocenters. The monoisotopic (exact) mass is 272 g/mol. The van der Waals surface area contributed by atoms with Crippen molar-refractivity contribution >= 4 is 17.7 Å². The highest BCUT2D eigenvalue weighted by molar-refractivity contribution is 5.91. The Morgan fingerprint density at radius 3 is 2.80 bits per heavy atom. The van der Waals surface area contributed by atoms with Crippen molar-refractivity contribution < 1.29 is 14.7 Å². The molecular weight excluding hydrogens is 256 g/mol. The predicted molar refractivity (Wildman–Crippen MR) is 75.3 cm³/mol. The van der Waals surface area contributed by atoms with Crippen molar-refractivity contribution in [3.63, 3.8) is 0 Å². The fourth-order valence-corrected chi connectivity index (χ4v) is 1.88. The number of carbonyl (C=O) groups excluding carboxylic acids is 1. The molecule has 5 heteroatoms. The number of aliphatic carboxylic acids is 1. The van der Waals surface area contributed by atoms with E-state index in [1.807, 2.05) is 0 Å². The standard InChI is InChI=1S/C15H16N2O3/c1-2-11-4-3-5-13(8-11)16-15(20)17(10-14(18)19)9-12-6-7-12/h1,3-5,8,12H,6-7,9-10H2,(H,16,20)(H,18,19). The molecule has 1 aliphatic carbocycles. The summed E-state index contributed by atoms with van der Waals surface area (Å²) in [5.41, 5.74) is 1.23. The third kappa shape index (κ3) is 4.02. The van der Waals surface area contributed by atoms with E-state index in [0.717, 1.165) is 12.8 Å². The van der Waals surface area contributed by atoms with Crippen LogP contribution in [0.15, 0.2) is 24.3 Å². The number of carboxylic acid groups (broad SMARTS) is 1. The molecule has 1 aromatic carbocycles. The lowest BCUT2D eigenvalue weighted by atomic mass is 10.2. The second-order valence-corrected chi connectivity index (χ2v) is 4.87. The van der Waals surface area contributed by atoms with Gasteiger partial charge in [-0.1, -0.05) is 12.0 Å². The number of rotatable bonds is 5. The van der Waals surface area contributed by atoms with Gasteiger partial charge < -0.3 is 15.3 Å². The van der Waals surface area contributed by atoms with Gasteiger partial charge in [0.2, 0.25) is 0 Å². The summed E-state index contributed by atoms with van der Waals surface area (Å²) < 4.78 is 0. The highest BCUT2D eigenvalue weighted by Gasteiger charge is 2.27. The van der Waals surface area contributed by atoms with Crippen molar-refractivity contribution in [3.05, 3.63) is 29.8 Å². The minimum atomic E-state index is -1.02. The number of urea groups is 1. The molecule has 0 unspecified atom stereocenters. The Labute approximate surface area is 117 Å². The van der Waals surface area contributed by atoms with Crippen molar-refractivity contribution in [1.29, 1.82) is 0 Å². The number of hydrogen-bond donors (Lipinski definition) is 2. The first-order chi connectivity index (χ1) is 9.58. The number of carbonyl (C=O) groups is 2. The second kappa shape index (κ2) is 6.11. The van der Waals surface area contributed by atoms with Crippen molar-refractivity contribution in [2.24, 2.45) is 5.92 Å². The van der Waals surface area contributed by atoms with E-state index in [1.54, 1.807) is 24.3 Å². The molecule has 1 aromatic rings. The van der Waals surface area contributed by atoms with Crippen LogP contribution in [-0.4, -0.2) is 35.1 Å². The fourth-order valence-electron chi connectivity index (χ4n) is 1.88. The molecule has 104 valence electrons. The molecule has 0 radical (unpaired) electrons. The van der Waals surface area contributed by atoms with Gasteiger partial charge >= 0.3 is 12.0 Å². The summed E-state index contributed by atoms with van der Waals surface area (Å²) in [6.45, 7) is 0.185. The molecule has 2 amide bonds. The zero-order valence-electron chi connectivity index (χ0n) is 11.0. The maximum absolute atomic E-state index is 12.1. The number of anilines is 1. The van der Waals surface area contributed by atoms with Crippen LogP contribution in [0.3, 0.4) is 0 Å². The first-order valence-electron chi connectivity index (χ1n) is 6.43. The number of benzene rings is 1. The Bertz CT molecular complexity index is 558.